The van der Waals surface area contributed by atoms with Crippen LogP contribution in [0, 0.1) is 0 Å². The minimum absolute atomic E-state index is 0.0479. The van der Waals surface area contributed by atoms with E-state index < -0.39 is 0 Å². The molecule has 0 saturated carbocycles. The summed E-state index contributed by atoms with van der Waals surface area (Å²) in [5, 5.41) is 5.18. The van der Waals surface area contributed by atoms with Gasteiger partial charge in [0.1, 0.15) is 5.75 Å². The molecule has 0 atom stereocenters. The van der Waals surface area contributed by atoms with Crippen molar-refractivity contribution in [2.75, 3.05) is 14.2 Å². The summed E-state index contributed by atoms with van der Waals surface area (Å²) in [6, 6.07) is 12.5. The van der Waals surface area contributed by atoms with Crippen LogP contribution < -0.4 is 4.74 Å². The second kappa shape index (κ2) is 9.08. The van der Waals surface area contributed by atoms with Crippen molar-refractivity contribution < 1.29 is 14.1 Å². The van der Waals surface area contributed by atoms with Crippen LogP contribution in [0.2, 0.25) is 10.0 Å². The molecule has 0 bridgehead atoms. The molecule has 0 spiro atoms. The molecule has 3 rings (SSSR count). The molecule has 0 radical (unpaired) electrons. The Morgan fingerprint density at radius 2 is 1.86 bits per heavy atom. The smallest absolute Gasteiger partial charge is 0.227 e. The Balaban J connectivity index is 1.58. The number of methoxy groups -OCH3 is 1. The largest absolute Gasteiger partial charge is 0.496 e. The van der Waals surface area contributed by atoms with Crippen molar-refractivity contribution in [3.05, 3.63) is 64.0 Å². The molecule has 8 heteroatoms. The first kappa shape index (κ1) is 20.2. The van der Waals surface area contributed by atoms with Crippen molar-refractivity contribution >= 4 is 29.1 Å². The van der Waals surface area contributed by atoms with Crippen molar-refractivity contribution in [2.45, 2.75) is 19.4 Å². The Morgan fingerprint density at radius 3 is 2.57 bits per heavy atom. The number of aromatic nitrogens is 2. The number of amides is 1. The SMILES string of the molecule is COc1ccc(Cl)cc1CN(C)C(=O)CCc1nc(-c2ccc(Cl)cc2)no1. The van der Waals surface area contributed by atoms with Crippen LogP contribution in [0.4, 0.5) is 0 Å². The summed E-state index contributed by atoms with van der Waals surface area (Å²) in [5.41, 5.74) is 1.64. The number of aryl methyl sites for hydroxylation is 1. The number of nitrogens with zero attached hydrogens (tertiary/aromatic N) is 3. The predicted octanol–water partition coefficient (Wildman–Crippen LogP) is 4.64. The standard InChI is InChI=1S/C20H19Cl2N3O3/c1-25(12-14-11-16(22)7-8-17(14)27-2)19(26)10-9-18-23-20(24-28-18)13-3-5-15(21)6-4-13/h3-8,11H,9-10,12H2,1-2H3. The predicted molar refractivity (Wildman–Crippen MR) is 108 cm³/mol. The summed E-state index contributed by atoms with van der Waals surface area (Å²) in [4.78, 5) is 18.4. The summed E-state index contributed by atoms with van der Waals surface area (Å²) >= 11 is 11.9. The average molecular weight is 420 g/mol. The van der Waals surface area contributed by atoms with Crippen LogP contribution in [0.3, 0.4) is 0 Å². The first-order chi connectivity index (χ1) is 13.5. The van der Waals surface area contributed by atoms with E-state index in [4.69, 9.17) is 32.5 Å². The molecule has 2 aromatic carbocycles. The van der Waals surface area contributed by atoms with E-state index in [1.165, 1.54) is 0 Å². The topological polar surface area (TPSA) is 68.5 Å². The third-order valence-electron chi connectivity index (χ3n) is 4.20. The van der Waals surface area contributed by atoms with Crippen LogP contribution in [-0.4, -0.2) is 35.1 Å². The van der Waals surface area contributed by atoms with Crippen molar-refractivity contribution in [3.63, 3.8) is 0 Å². The molecule has 0 aliphatic carbocycles. The van der Waals surface area contributed by atoms with Crippen LogP contribution in [0.15, 0.2) is 47.0 Å². The average Bonchev–Trinajstić information content (AvgIpc) is 3.16. The van der Waals surface area contributed by atoms with E-state index >= 15 is 0 Å². The Bertz CT molecular complexity index is 958. The number of benzene rings is 2. The van der Waals surface area contributed by atoms with Crippen LogP contribution in [0.5, 0.6) is 5.75 Å². The zero-order chi connectivity index (χ0) is 20.1. The van der Waals surface area contributed by atoms with Crippen LogP contribution in [-0.2, 0) is 17.8 Å². The summed E-state index contributed by atoms with van der Waals surface area (Å²) in [5.74, 6) is 1.52. The number of hydrogen-bond acceptors (Lipinski definition) is 5. The van der Waals surface area contributed by atoms with Gasteiger partial charge in [0.05, 0.1) is 7.11 Å². The maximum atomic E-state index is 12.5. The molecule has 0 fully saturated rings. The van der Waals surface area contributed by atoms with E-state index in [-0.39, 0.29) is 12.3 Å². The van der Waals surface area contributed by atoms with E-state index in [1.54, 1.807) is 49.4 Å². The highest BCUT2D eigenvalue weighted by molar-refractivity contribution is 6.30. The molecular weight excluding hydrogens is 401 g/mol. The molecule has 0 saturated heterocycles. The molecule has 1 heterocycles. The summed E-state index contributed by atoms with van der Waals surface area (Å²) in [6.45, 7) is 0.391. The lowest BCUT2D eigenvalue weighted by molar-refractivity contribution is -0.130. The van der Waals surface area contributed by atoms with Gasteiger partial charge in [-0.15, -0.1) is 0 Å². The summed E-state index contributed by atoms with van der Waals surface area (Å²) in [6.07, 6.45) is 0.609. The highest BCUT2D eigenvalue weighted by Crippen LogP contribution is 2.24. The highest BCUT2D eigenvalue weighted by Gasteiger charge is 2.15. The minimum Gasteiger partial charge on any atom is -0.496 e. The van der Waals surface area contributed by atoms with Crippen molar-refractivity contribution in [2.24, 2.45) is 0 Å². The van der Waals surface area contributed by atoms with Gasteiger partial charge >= 0.3 is 0 Å². The molecule has 0 N–H and O–H groups in total. The minimum atomic E-state index is -0.0479. The Kier molecular flexibility index (Phi) is 6.54. The van der Waals surface area contributed by atoms with Crippen LogP contribution >= 0.6 is 23.2 Å². The van der Waals surface area contributed by atoms with E-state index in [0.29, 0.717) is 40.5 Å². The van der Waals surface area contributed by atoms with Crippen molar-refractivity contribution in [3.8, 4) is 17.1 Å². The fourth-order valence-corrected chi connectivity index (χ4v) is 3.01. The molecule has 1 aromatic heterocycles. The van der Waals surface area contributed by atoms with Gasteiger partial charge < -0.3 is 14.2 Å². The highest BCUT2D eigenvalue weighted by atomic mass is 35.5. The van der Waals surface area contributed by atoms with Gasteiger partial charge in [0.2, 0.25) is 17.6 Å². The first-order valence-corrected chi connectivity index (χ1v) is 9.37. The van der Waals surface area contributed by atoms with Gasteiger partial charge in [0.15, 0.2) is 0 Å². The molecule has 3 aromatic rings. The molecule has 1 amide bonds. The zero-order valence-corrected chi connectivity index (χ0v) is 17.0. The lowest BCUT2D eigenvalue weighted by Gasteiger charge is -2.18. The summed E-state index contributed by atoms with van der Waals surface area (Å²) in [7, 11) is 3.32. The van der Waals surface area contributed by atoms with Crippen LogP contribution in [0.1, 0.15) is 17.9 Å². The second-order valence-corrected chi connectivity index (χ2v) is 7.10. The van der Waals surface area contributed by atoms with E-state index in [1.807, 2.05) is 12.1 Å². The van der Waals surface area contributed by atoms with Gasteiger partial charge in [-0.25, -0.2) is 0 Å². The van der Waals surface area contributed by atoms with E-state index in [2.05, 4.69) is 10.1 Å². The fourth-order valence-electron chi connectivity index (χ4n) is 2.69. The third kappa shape index (κ3) is 5.03. The second-order valence-electron chi connectivity index (χ2n) is 6.22. The van der Waals surface area contributed by atoms with Crippen molar-refractivity contribution in [1.29, 1.82) is 0 Å². The van der Waals surface area contributed by atoms with Crippen LogP contribution in [0.25, 0.3) is 11.4 Å². The van der Waals surface area contributed by atoms with Gasteiger partial charge in [-0.3, -0.25) is 4.79 Å². The fraction of sp³-hybridized carbons (Fsp3) is 0.250. The number of hydrogen-bond donors (Lipinski definition) is 0. The Morgan fingerprint density at radius 1 is 1.14 bits per heavy atom. The number of carbonyl (C=O) groups excluding carboxylic acids is 1. The maximum absolute atomic E-state index is 12.5. The lowest BCUT2D eigenvalue weighted by Crippen LogP contribution is -2.26. The van der Waals surface area contributed by atoms with Gasteiger partial charge in [-0.2, -0.15) is 4.98 Å². The Hall–Kier alpha value is -2.57. The van der Waals surface area contributed by atoms with Gasteiger partial charge in [0, 0.05) is 47.6 Å². The normalized spacial score (nSPS) is 10.7. The van der Waals surface area contributed by atoms with Crippen molar-refractivity contribution in [1.82, 2.24) is 15.0 Å². The third-order valence-corrected chi connectivity index (χ3v) is 4.69. The number of ether oxygens (including phenoxy) is 1. The molecule has 6 nitrogen and oxygen atoms in total. The lowest BCUT2D eigenvalue weighted by atomic mass is 10.1. The summed E-state index contributed by atoms with van der Waals surface area (Å²) < 4.78 is 10.6. The van der Waals surface area contributed by atoms with Gasteiger partial charge in [0.25, 0.3) is 0 Å². The number of rotatable bonds is 7. The van der Waals surface area contributed by atoms with Gasteiger partial charge in [-0.05, 0) is 42.5 Å². The monoisotopic (exact) mass is 419 g/mol. The zero-order valence-electron chi connectivity index (χ0n) is 15.5. The first-order valence-electron chi connectivity index (χ1n) is 8.61. The van der Waals surface area contributed by atoms with E-state index in [0.717, 1.165) is 11.1 Å². The molecular formula is C20H19Cl2N3O3. The quantitative estimate of drug-likeness (QED) is 0.557. The molecule has 0 unspecified atom stereocenters. The molecule has 0 aliphatic heterocycles. The van der Waals surface area contributed by atoms with Gasteiger partial charge in [-0.1, -0.05) is 28.4 Å². The van der Waals surface area contributed by atoms with E-state index in [9.17, 15) is 4.79 Å². The molecule has 146 valence electrons. The number of carbonyl (C=O) groups is 1. The Labute approximate surface area is 173 Å². The molecule has 28 heavy (non-hydrogen) atoms. The number of halogens is 2. The maximum Gasteiger partial charge on any atom is 0.227 e. The molecule has 0 aliphatic rings.